The van der Waals surface area contributed by atoms with Gasteiger partial charge in [0.1, 0.15) is 0 Å². The van der Waals surface area contributed by atoms with Crippen LogP contribution in [0.3, 0.4) is 0 Å². The van der Waals surface area contributed by atoms with E-state index in [1.165, 1.54) is 12.8 Å². The topological polar surface area (TPSA) is 45.0 Å². The maximum absolute atomic E-state index is 9.00. The maximum atomic E-state index is 9.00. The first-order valence-corrected chi connectivity index (χ1v) is 5.13. The highest BCUT2D eigenvalue weighted by atomic mass is 16.5. The van der Waals surface area contributed by atoms with Crippen LogP contribution in [-0.2, 0) is 4.74 Å². The first-order chi connectivity index (χ1) is 6.40. The van der Waals surface area contributed by atoms with Crippen LogP contribution in [0.15, 0.2) is 0 Å². The first-order valence-electron chi connectivity index (χ1n) is 5.13. The van der Waals surface area contributed by atoms with Crippen molar-refractivity contribution in [2.45, 2.75) is 37.8 Å². The molecule has 0 radical (unpaired) electrons. The molecule has 0 amide bonds. The highest BCUT2D eigenvalue weighted by Gasteiger charge is 2.30. The van der Waals surface area contributed by atoms with Crippen LogP contribution < -0.4 is 5.32 Å². The van der Waals surface area contributed by atoms with Gasteiger partial charge in [0.15, 0.2) is 0 Å². The molecule has 3 nitrogen and oxygen atoms in total. The van der Waals surface area contributed by atoms with Crippen molar-refractivity contribution < 1.29 is 4.74 Å². The molecule has 2 fully saturated rings. The van der Waals surface area contributed by atoms with Crippen LogP contribution in [0.2, 0.25) is 0 Å². The minimum absolute atomic E-state index is 0.0661. The molecule has 0 spiro atoms. The number of nitrogens with zero attached hydrogens (tertiary/aromatic N) is 1. The molecule has 2 rings (SSSR count). The van der Waals surface area contributed by atoms with E-state index in [4.69, 9.17) is 10.00 Å². The van der Waals surface area contributed by atoms with Gasteiger partial charge in [-0.3, -0.25) is 5.32 Å². The average Bonchev–Trinajstić information content (AvgIpc) is 2.99. The number of hydrogen-bond donors (Lipinski definition) is 1. The third kappa shape index (κ3) is 2.43. The van der Waals surface area contributed by atoms with Crippen LogP contribution in [0.1, 0.15) is 25.7 Å². The largest absolute Gasteiger partial charge is 0.381 e. The molecule has 2 aliphatic rings. The summed E-state index contributed by atoms with van der Waals surface area (Å²) in [5.74, 6) is 0.513. The summed E-state index contributed by atoms with van der Waals surface area (Å²) in [4.78, 5) is 0. The summed E-state index contributed by atoms with van der Waals surface area (Å²) < 4.78 is 5.28. The number of rotatable bonds is 3. The van der Waals surface area contributed by atoms with Crippen LogP contribution >= 0.6 is 0 Å². The molecular formula is C10H16N2O. The van der Waals surface area contributed by atoms with E-state index in [2.05, 4.69) is 11.4 Å². The van der Waals surface area contributed by atoms with Gasteiger partial charge < -0.3 is 4.74 Å². The second-order valence-electron chi connectivity index (χ2n) is 4.00. The van der Waals surface area contributed by atoms with Crippen molar-refractivity contribution in [3.63, 3.8) is 0 Å². The maximum Gasteiger partial charge on any atom is 0.0985 e. The first kappa shape index (κ1) is 8.98. The average molecular weight is 180 g/mol. The smallest absolute Gasteiger partial charge is 0.0985 e. The van der Waals surface area contributed by atoms with Crippen molar-refractivity contribution >= 4 is 0 Å². The molecule has 1 unspecified atom stereocenters. The van der Waals surface area contributed by atoms with E-state index >= 15 is 0 Å². The van der Waals surface area contributed by atoms with Crippen molar-refractivity contribution in [3.8, 4) is 6.07 Å². The molecule has 0 aromatic heterocycles. The van der Waals surface area contributed by atoms with Crippen LogP contribution in [0.5, 0.6) is 0 Å². The SMILES string of the molecule is N#CC(NC1CC1)C1CCOCC1. The summed E-state index contributed by atoms with van der Waals surface area (Å²) in [5.41, 5.74) is 0. The summed E-state index contributed by atoms with van der Waals surface area (Å²) in [6.07, 6.45) is 4.58. The van der Waals surface area contributed by atoms with Gasteiger partial charge in [0, 0.05) is 19.3 Å². The van der Waals surface area contributed by atoms with E-state index in [-0.39, 0.29) is 6.04 Å². The van der Waals surface area contributed by atoms with E-state index in [0.717, 1.165) is 26.1 Å². The fourth-order valence-electron chi connectivity index (χ4n) is 1.83. The number of hydrogen-bond acceptors (Lipinski definition) is 3. The Morgan fingerprint density at radius 1 is 1.23 bits per heavy atom. The molecule has 0 aromatic carbocycles. The van der Waals surface area contributed by atoms with Crippen molar-refractivity contribution in [1.29, 1.82) is 5.26 Å². The predicted molar refractivity (Wildman–Crippen MR) is 49.1 cm³/mol. The fraction of sp³-hybridized carbons (Fsp3) is 0.900. The Morgan fingerprint density at radius 3 is 2.46 bits per heavy atom. The number of nitrogens with one attached hydrogen (secondary N) is 1. The van der Waals surface area contributed by atoms with Crippen molar-refractivity contribution in [1.82, 2.24) is 5.32 Å². The highest BCUT2D eigenvalue weighted by Crippen LogP contribution is 2.24. The lowest BCUT2D eigenvalue weighted by atomic mass is 9.92. The van der Waals surface area contributed by atoms with Gasteiger partial charge in [-0.25, -0.2) is 0 Å². The molecular weight excluding hydrogens is 164 g/mol. The Hall–Kier alpha value is -0.590. The van der Waals surface area contributed by atoms with E-state index in [0.29, 0.717) is 12.0 Å². The molecule has 13 heavy (non-hydrogen) atoms. The van der Waals surface area contributed by atoms with Gasteiger partial charge in [-0.15, -0.1) is 0 Å². The zero-order chi connectivity index (χ0) is 9.10. The number of nitriles is 1. The van der Waals surface area contributed by atoms with Crippen molar-refractivity contribution in [2.75, 3.05) is 13.2 Å². The number of ether oxygens (including phenoxy) is 1. The van der Waals surface area contributed by atoms with Gasteiger partial charge in [0.25, 0.3) is 0 Å². The van der Waals surface area contributed by atoms with E-state index in [1.807, 2.05) is 0 Å². The second kappa shape index (κ2) is 4.08. The molecule has 1 saturated heterocycles. The summed E-state index contributed by atoms with van der Waals surface area (Å²) in [6.45, 7) is 1.66. The zero-order valence-corrected chi connectivity index (χ0v) is 7.83. The van der Waals surface area contributed by atoms with Crippen LogP contribution in [0.25, 0.3) is 0 Å². The van der Waals surface area contributed by atoms with E-state index < -0.39 is 0 Å². The Labute approximate surface area is 79.1 Å². The summed E-state index contributed by atoms with van der Waals surface area (Å²) in [5, 5.41) is 12.4. The lowest BCUT2D eigenvalue weighted by Gasteiger charge is -2.26. The van der Waals surface area contributed by atoms with Crippen LogP contribution in [-0.4, -0.2) is 25.3 Å². The molecule has 1 aliphatic heterocycles. The minimum Gasteiger partial charge on any atom is -0.381 e. The highest BCUT2D eigenvalue weighted by molar-refractivity contribution is 4.99. The molecule has 0 bridgehead atoms. The molecule has 1 atom stereocenters. The Kier molecular flexibility index (Phi) is 2.82. The Morgan fingerprint density at radius 2 is 1.92 bits per heavy atom. The summed E-state index contributed by atoms with van der Waals surface area (Å²) >= 11 is 0. The van der Waals surface area contributed by atoms with Crippen molar-refractivity contribution in [3.05, 3.63) is 0 Å². The minimum atomic E-state index is 0.0661. The van der Waals surface area contributed by atoms with Crippen molar-refractivity contribution in [2.24, 2.45) is 5.92 Å². The van der Waals surface area contributed by atoms with Crippen LogP contribution in [0, 0.1) is 17.2 Å². The van der Waals surface area contributed by atoms with Gasteiger partial charge in [-0.05, 0) is 31.6 Å². The zero-order valence-electron chi connectivity index (χ0n) is 7.83. The Balaban J connectivity index is 1.82. The molecule has 1 N–H and O–H groups in total. The monoisotopic (exact) mass is 180 g/mol. The molecule has 3 heteroatoms. The van der Waals surface area contributed by atoms with Gasteiger partial charge in [0.2, 0.25) is 0 Å². The molecule has 72 valence electrons. The van der Waals surface area contributed by atoms with Gasteiger partial charge in [0.05, 0.1) is 12.1 Å². The lowest BCUT2D eigenvalue weighted by Crippen LogP contribution is -2.39. The molecule has 0 aromatic rings. The molecule has 1 saturated carbocycles. The predicted octanol–water partition coefficient (Wildman–Crippen LogP) is 1.06. The third-order valence-corrected chi connectivity index (χ3v) is 2.87. The molecule has 1 aliphatic carbocycles. The standard InChI is InChI=1S/C10H16N2O/c11-7-10(12-9-1-2-9)8-3-5-13-6-4-8/h8-10,12H,1-6H2. The van der Waals surface area contributed by atoms with E-state index in [9.17, 15) is 0 Å². The van der Waals surface area contributed by atoms with Crippen LogP contribution in [0.4, 0.5) is 0 Å². The summed E-state index contributed by atoms with van der Waals surface area (Å²) in [6, 6.07) is 3.07. The summed E-state index contributed by atoms with van der Waals surface area (Å²) in [7, 11) is 0. The normalized spacial score (nSPS) is 26.7. The third-order valence-electron chi connectivity index (χ3n) is 2.87. The van der Waals surface area contributed by atoms with Gasteiger partial charge in [-0.1, -0.05) is 0 Å². The quantitative estimate of drug-likeness (QED) is 0.706. The molecule has 1 heterocycles. The van der Waals surface area contributed by atoms with Gasteiger partial charge in [-0.2, -0.15) is 5.26 Å². The van der Waals surface area contributed by atoms with Gasteiger partial charge >= 0.3 is 0 Å². The second-order valence-corrected chi connectivity index (χ2v) is 4.00. The Bertz CT molecular complexity index is 201. The lowest BCUT2D eigenvalue weighted by molar-refractivity contribution is 0.0597. The fourth-order valence-corrected chi connectivity index (χ4v) is 1.83. The van der Waals surface area contributed by atoms with E-state index in [1.54, 1.807) is 0 Å².